The van der Waals surface area contributed by atoms with Gasteiger partial charge in [-0.15, -0.1) is 0 Å². The number of hydrogen-bond acceptors (Lipinski definition) is 4. The fraction of sp³-hybridized carbons (Fsp3) is 0.222. The molecular formula is C27H21BrN2O4. The van der Waals surface area contributed by atoms with E-state index in [9.17, 15) is 14.4 Å². The summed E-state index contributed by atoms with van der Waals surface area (Å²) in [4.78, 5) is 41.3. The molecule has 3 amide bonds. The molecule has 34 heavy (non-hydrogen) atoms. The summed E-state index contributed by atoms with van der Waals surface area (Å²) >= 11 is 3.95. The number of imide groups is 1. The maximum absolute atomic E-state index is 13.7. The largest absolute Gasteiger partial charge is 0.497 e. The van der Waals surface area contributed by atoms with E-state index in [0.717, 1.165) is 27.2 Å². The number of rotatable bonds is 4. The van der Waals surface area contributed by atoms with Crippen LogP contribution in [0.1, 0.15) is 28.2 Å². The quantitative estimate of drug-likeness (QED) is 0.419. The van der Waals surface area contributed by atoms with Crippen LogP contribution in [0, 0.1) is 11.8 Å². The van der Waals surface area contributed by atoms with Crippen molar-refractivity contribution >= 4 is 39.3 Å². The summed E-state index contributed by atoms with van der Waals surface area (Å²) in [5, 5.41) is 2.77. The zero-order chi connectivity index (χ0) is 23.6. The molecule has 7 rings (SSSR count). The van der Waals surface area contributed by atoms with Crippen molar-refractivity contribution in [2.75, 3.05) is 19.0 Å². The number of hydrogen-bond donors (Lipinski definition) is 1. The van der Waals surface area contributed by atoms with Gasteiger partial charge in [-0.1, -0.05) is 64.5 Å². The molecule has 3 aliphatic carbocycles. The molecule has 7 heteroatoms. The second-order valence-electron chi connectivity index (χ2n) is 8.91. The lowest BCUT2D eigenvalue weighted by atomic mass is 9.55. The van der Waals surface area contributed by atoms with E-state index in [-0.39, 0.29) is 24.3 Å². The van der Waals surface area contributed by atoms with E-state index in [2.05, 4.69) is 21.2 Å². The number of methoxy groups -OCH3 is 1. The molecule has 1 heterocycles. The predicted molar refractivity (Wildman–Crippen MR) is 130 cm³/mol. The number of carbonyl (C=O) groups is 3. The molecule has 170 valence electrons. The average molecular weight is 517 g/mol. The van der Waals surface area contributed by atoms with Crippen LogP contribution in [-0.4, -0.2) is 36.3 Å². The molecule has 4 aliphatic rings. The summed E-state index contributed by atoms with van der Waals surface area (Å²) in [7, 11) is 1.57. The Hall–Kier alpha value is -3.45. The van der Waals surface area contributed by atoms with Crippen LogP contribution in [0.4, 0.5) is 5.69 Å². The molecule has 0 spiro atoms. The summed E-state index contributed by atoms with van der Waals surface area (Å²) in [6, 6.07) is 22.9. The maximum Gasteiger partial charge on any atom is 0.244 e. The van der Waals surface area contributed by atoms with E-state index >= 15 is 0 Å². The smallest absolute Gasteiger partial charge is 0.244 e. The minimum Gasteiger partial charge on any atom is -0.497 e. The highest BCUT2D eigenvalue weighted by molar-refractivity contribution is 9.09. The number of nitrogens with zero attached hydrogens (tertiary/aromatic N) is 1. The van der Waals surface area contributed by atoms with Crippen molar-refractivity contribution in [2.24, 2.45) is 11.8 Å². The number of halogens is 1. The van der Waals surface area contributed by atoms with Gasteiger partial charge in [-0.05, 0) is 46.5 Å². The Morgan fingerprint density at radius 3 is 2.12 bits per heavy atom. The summed E-state index contributed by atoms with van der Waals surface area (Å²) in [6.45, 7) is -0.320. The third-order valence-electron chi connectivity index (χ3n) is 7.28. The van der Waals surface area contributed by atoms with Crippen molar-refractivity contribution in [2.45, 2.75) is 10.2 Å². The second-order valence-corrected chi connectivity index (χ2v) is 10.2. The van der Waals surface area contributed by atoms with E-state index in [0.29, 0.717) is 11.4 Å². The van der Waals surface area contributed by atoms with Gasteiger partial charge in [0.25, 0.3) is 0 Å². The SMILES string of the molecule is COc1ccc(NC(=O)CN2C(=O)C3C4c5ccccc5C(Br)(c5ccccc54)C3C2=O)cc1. The van der Waals surface area contributed by atoms with Gasteiger partial charge in [-0.3, -0.25) is 19.3 Å². The Labute approximate surface area is 205 Å². The standard InChI is InChI=1S/C27H21BrN2O4/c1-34-16-12-10-15(11-13-16)29-21(31)14-30-25(32)23-22-17-6-2-4-8-19(17)27(28,24(23)26(30)33)20-9-5-3-7-18(20)22/h2-13,22-24H,14H2,1H3,(H,29,31). The van der Waals surface area contributed by atoms with Crippen LogP contribution >= 0.6 is 15.9 Å². The van der Waals surface area contributed by atoms with Gasteiger partial charge in [-0.25, -0.2) is 0 Å². The van der Waals surface area contributed by atoms with Crippen LogP contribution in [0.3, 0.4) is 0 Å². The average Bonchev–Trinajstić information content (AvgIpc) is 3.11. The summed E-state index contributed by atoms with van der Waals surface area (Å²) in [5.74, 6) is -1.74. The van der Waals surface area contributed by atoms with Crippen LogP contribution in [0.5, 0.6) is 5.75 Å². The molecule has 1 saturated heterocycles. The van der Waals surface area contributed by atoms with Gasteiger partial charge in [0.1, 0.15) is 12.3 Å². The number of nitrogens with one attached hydrogen (secondary N) is 1. The molecule has 0 aromatic heterocycles. The number of likely N-dealkylation sites (tertiary alicyclic amines) is 1. The van der Waals surface area contributed by atoms with Crippen molar-refractivity contribution in [3.63, 3.8) is 0 Å². The van der Waals surface area contributed by atoms with E-state index in [1.807, 2.05) is 48.5 Å². The minimum absolute atomic E-state index is 0.220. The second kappa shape index (κ2) is 7.53. The Bertz CT molecular complexity index is 1310. The Morgan fingerprint density at radius 1 is 0.941 bits per heavy atom. The topological polar surface area (TPSA) is 75.7 Å². The van der Waals surface area contributed by atoms with Crippen LogP contribution < -0.4 is 10.1 Å². The lowest BCUT2D eigenvalue weighted by molar-refractivity contribution is -0.142. The minimum atomic E-state index is -0.812. The number of amides is 3. The predicted octanol–water partition coefficient (Wildman–Crippen LogP) is 4.03. The highest BCUT2D eigenvalue weighted by Gasteiger charge is 2.67. The van der Waals surface area contributed by atoms with Crippen molar-refractivity contribution in [1.82, 2.24) is 4.90 Å². The Balaban J connectivity index is 1.35. The van der Waals surface area contributed by atoms with Gasteiger partial charge in [0.2, 0.25) is 17.7 Å². The number of benzene rings is 3. The van der Waals surface area contributed by atoms with Crippen molar-refractivity contribution in [1.29, 1.82) is 0 Å². The van der Waals surface area contributed by atoms with Crippen molar-refractivity contribution in [3.8, 4) is 5.75 Å². The first-order chi connectivity index (χ1) is 16.4. The Morgan fingerprint density at radius 2 is 1.53 bits per heavy atom. The lowest BCUT2D eigenvalue weighted by Gasteiger charge is -2.51. The molecule has 0 radical (unpaired) electrons. The van der Waals surface area contributed by atoms with E-state index in [4.69, 9.17) is 4.74 Å². The lowest BCUT2D eigenvalue weighted by Crippen LogP contribution is -2.50. The molecule has 0 saturated carbocycles. The first-order valence-electron chi connectivity index (χ1n) is 11.1. The molecule has 1 aliphatic heterocycles. The first kappa shape index (κ1) is 21.1. The summed E-state index contributed by atoms with van der Waals surface area (Å²) in [5.41, 5.74) is 4.73. The van der Waals surface area contributed by atoms with Gasteiger partial charge in [0, 0.05) is 11.6 Å². The zero-order valence-electron chi connectivity index (χ0n) is 18.3. The Kier molecular flexibility index (Phi) is 4.68. The summed E-state index contributed by atoms with van der Waals surface area (Å²) in [6.07, 6.45) is 0. The van der Waals surface area contributed by atoms with Crippen LogP contribution in [0.2, 0.25) is 0 Å². The van der Waals surface area contributed by atoms with Gasteiger partial charge in [0.15, 0.2) is 0 Å². The molecular weight excluding hydrogens is 496 g/mol. The van der Waals surface area contributed by atoms with Crippen LogP contribution in [-0.2, 0) is 18.7 Å². The molecule has 3 aromatic rings. The normalized spacial score (nSPS) is 26.1. The van der Waals surface area contributed by atoms with Crippen molar-refractivity contribution < 1.29 is 19.1 Å². The number of carbonyl (C=O) groups excluding carboxylic acids is 3. The van der Waals surface area contributed by atoms with Gasteiger partial charge in [-0.2, -0.15) is 0 Å². The molecule has 2 bridgehead atoms. The van der Waals surface area contributed by atoms with Gasteiger partial charge >= 0.3 is 0 Å². The van der Waals surface area contributed by atoms with Crippen LogP contribution in [0.15, 0.2) is 72.8 Å². The van der Waals surface area contributed by atoms with Crippen molar-refractivity contribution in [3.05, 3.63) is 95.1 Å². The molecule has 1 N–H and O–H groups in total. The molecule has 1 fully saturated rings. The highest BCUT2D eigenvalue weighted by Crippen LogP contribution is 2.66. The fourth-order valence-electron chi connectivity index (χ4n) is 5.91. The third kappa shape index (κ3) is 2.76. The van der Waals surface area contributed by atoms with Gasteiger partial charge in [0.05, 0.1) is 23.3 Å². The maximum atomic E-state index is 13.7. The first-order valence-corrected chi connectivity index (χ1v) is 11.9. The van der Waals surface area contributed by atoms with E-state index in [1.54, 1.807) is 31.4 Å². The van der Waals surface area contributed by atoms with Gasteiger partial charge < -0.3 is 10.1 Å². The molecule has 3 aromatic carbocycles. The van der Waals surface area contributed by atoms with E-state index < -0.39 is 22.1 Å². The van der Waals surface area contributed by atoms with Crippen LogP contribution in [0.25, 0.3) is 0 Å². The monoisotopic (exact) mass is 516 g/mol. The van der Waals surface area contributed by atoms with E-state index in [1.165, 1.54) is 0 Å². The zero-order valence-corrected chi connectivity index (χ0v) is 19.9. The number of alkyl halides is 1. The molecule has 6 nitrogen and oxygen atoms in total. The molecule has 2 atom stereocenters. The third-order valence-corrected chi connectivity index (χ3v) is 8.63. The number of ether oxygens (including phenoxy) is 1. The number of anilines is 1. The highest BCUT2D eigenvalue weighted by atomic mass is 79.9. The molecule has 2 unspecified atom stereocenters. The fourth-order valence-corrected chi connectivity index (χ4v) is 7.12. The summed E-state index contributed by atoms with van der Waals surface area (Å²) < 4.78 is 4.33.